The van der Waals surface area contributed by atoms with E-state index in [0.29, 0.717) is 11.8 Å². The van der Waals surface area contributed by atoms with Gasteiger partial charge in [0.15, 0.2) is 0 Å². The van der Waals surface area contributed by atoms with Crippen LogP contribution < -0.4 is 0 Å². The summed E-state index contributed by atoms with van der Waals surface area (Å²) in [5, 5.41) is 9.75. The molecule has 82 valence electrons. The minimum absolute atomic E-state index is 0.100. The van der Waals surface area contributed by atoms with Gasteiger partial charge in [0.25, 0.3) is 0 Å². The van der Waals surface area contributed by atoms with Crippen LogP contribution in [0.2, 0.25) is 0 Å². The molecule has 1 aromatic carbocycles. The summed E-state index contributed by atoms with van der Waals surface area (Å²) in [5.74, 6) is 0.964. The highest BCUT2D eigenvalue weighted by Crippen LogP contribution is 2.39. The first kappa shape index (κ1) is 10.7. The summed E-state index contributed by atoms with van der Waals surface area (Å²) >= 11 is 0. The van der Waals surface area contributed by atoms with E-state index in [0.717, 1.165) is 12.8 Å². The maximum absolute atomic E-state index is 9.75. The molecule has 2 rings (SSSR count). The van der Waals surface area contributed by atoms with E-state index in [4.69, 9.17) is 0 Å². The molecule has 1 saturated carbocycles. The van der Waals surface area contributed by atoms with Crippen molar-refractivity contribution < 1.29 is 5.11 Å². The summed E-state index contributed by atoms with van der Waals surface area (Å²) in [4.78, 5) is 0. The fraction of sp³-hybridized carbons (Fsp3) is 0.571. The molecule has 1 aromatic rings. The average Bonchev–Trinajstić information content (AvgIpc) is 2.53. The van der Waals surface area contributed by atoms with E-state index < -0.39 is 0 Å². The highest BCUT2D eigenvalue weighted by atomic mass is 16.3. The van der Waals surface area contributed by atoms with Crippen molar-refractivity contribution in [2.24, 2.45) is 5.92 Å². The Kier molecular flexibility index (Phi) is 2.83. The molecule has 0 aliphatic heterocycles. The first-order valence-corrected chi connectivity index (χ1v) is 5.85. The lowest BCUT2D eigenvalue weighted by Crippen LogP contribution is -2.14. The Morgan fingerprint density at radius 2 is 1.87 bits per heavy atom. The lowest BCUT2D eigenvalue weighted by Gasteiger charge is -2.18. The zero-order valence-electron chi connectivity index (χ0n) is 9.83. The van der Waals surface area contributed by atoms with Gasteiger partial charge in [-0.3, -0.25) is 0 Å². The summed E-state index contributed by atoms with van der Waals surface area (Å²) in [6.45, 7) is 6.47. The maximum Gasteiger partial charge on any atom is 0.0571 e. The Bertz CT molecular complexity index is 356. The van der Waals surface area contributed by atoms with Crippen LogP contribution in [-0.2, 0) is 0 Å². The van der Waals surface area contributed by atoms with Gasteiger partial charge >= 0.3 is 0 Å². The largest absolute Gasteiger partial charge is 0.393 e. The van der Waals surface area contributed by atoms with Gasteiger partial charge in [-0.15, -0.1) is 0 Å². The van der Waals surface area contributed by atoms with Gasteiger partial charge in [0, 0.05) is 0 Å². The van der Waals surface area contributed by atoms with Crippen LogP contribution in [0.1, 0.15) is 42.4 Å². The minimum Gasteiger partial charge on any atom is -0.393 e. The second-order valence-electron chi connectivity index (χ2n) is 4.95. The van der Waals surface area contributed by atoms with Crippen LogP contribution in [-0.4, -0.2) is 11.2 Å². The Morgan fingerprint density at radius 3 is 2.40 bits per heavy atom. The first-order valence-electron chi connectivity index (χ1n) is 5.85. The Labute approximate surface area is 92.1 Å². The van der Waals surface area contributed by atoms with Crippen molar-refractivity contribution in [3.8, 4) is 0 Å². The molecule has 0 heterocycles. The molecule has 0 amide bonds. The summed E-state index contributed by atoms with van der Waals surface area (Å²) < 4.78 is 0. The SMILES string of the molecule is Cc1ccc(C2CCC(O)C2C)cc1C. The second kappa shape index (κ2) is 3.97. The van der Waals surface area contributed by atoms with E-state index in [-0.39, 0.29) is 6.10 Å². The Hall–Kier alpha value is -0.820. The number of aliphatic hydroxyl groups excluding tert-OH is 1. The van der Waals surface area contributed by atoms with Gasteiger partial charge in [-0.05, 0) is 55.2 Å². The third kappa shape index (κ3) is 1.93. The minimum atomic E-state index is -0.100. The van der Waals surface area contributed by atoms with E-state index in [1.807, 2.05) is 0 Å². The molecule has 1 aliphatic carbocycles. The molecule has 0 bridgehead atoms. The third-order valence-electron chi connectivity index (χ3n) is 3.97. The van der Waals surface area contributed by atoms with Gasteiger partial charge in [-0.2, -0.15) is 0 Å². The predicted octanol–water partition coefficient (Wildman–Crippen LogP) is 3.18. The first-order chi connectivity index (χ1) is 7.09. The number of aryl methyl sites for hydroxylation is 2. The topological polar surface area (TPSA) is 20.2 Å². The van der Waals surface area contributed by atoms with Crippen LogP contribution in [0.3, 0.4) is 0 Å². The van der Waals surface area contributed by atoms with E-state index >= 15 is 0 Å². The van der Waals surface area contributed by atoms with Crippen molar-refractivity contribution in [2.75, 3.05) is 0 Å². The molecule has 0 aromatic heterocycles. The van der Waals surface area contributed by atoms with Gasteiger partial charge in [0.2, 0.25) is 0 Å². The van der Waals surface area contributed by atoms with Crippen LogP contribution in [0.5, 0.6) is 0 Å². The molecule has 1 nitrogen and oxygen atoms in total. The molecule has 1 N–H and O–H groups in total. The van der Waals surface area contributed by atoms with Crippen molar-refractivity contribution in [1.82, 2.24) is 0 Å². The van der Waals surface area contributed by atoms with Crippen molar-refractivity contribution in [3.05, 3.63) is 34.9 Å². The number of benzene rings is 1. The monoisotopic (exact) mass is 204 g/mol. The maximum atomic E-state index is 9.75. The summed E-state index contributed by atoms with van der Waals surface area (Å²) in [6, 6.07) is 6.71. The molecule has 15 heavy (non-hydrogen) atoms. The average molecular weight is 204 g/mol. The van der Waals surface area contributed by atoms with Crippen LogP contribution in [0.4, 0.5) is 0 Å². The van der Waals surface area contributed by atoms with E-state index in [2.05, 4.69) is 39.0 Å². The van der Waals surface area contributed by atoms with E-state index in [1.165, 1.54) is 16.7 Å². The molecule has 1 aliphatic rings. The highest BCUT2D eigenvalue weighted by molar-refractivity contribution is 5.32. The normalized spacial score (nSPS) is 30.8. The van der Waals surface area contributed by atoms with Crippen LogP contribution in [0.15, 0.2) is 18.2 Å². The van der Waals surface area contributed by atoms with Gasteiger partial charge in [-0.1, -0.05) is 25.1 Å². The van der Waals surface area contributed by atoms with Crippen LogP contribution in [0, 0.1) is 19.8 Å². The molecule has 0 spiro atoms. The smallest absolute Gasteiger partial charge is 0.0571 e. The van der Waals surface area contributed by atoms with Gasteiger partial charge in [0.05, 0.1) is 6.10 Å². The molecule has 3 atom stereocenters. The molecule has 1 heteroatoms. The van der Waals surface area contributed by atoms with Crippen LogP contribution >= 0.6 is 0 Å². The molecule has 3 unspecified atom stereocenters. The molecular formula is C14H20O. The number of hydrogen-bond donors (Lipinski definition) is 1. The predicted molar refractivity (Wildman–Crippen MR) is 63.1 cm³/mol. The Balaban J connectivity index is 2.26. The quantitative estimate of drug-likeness (QED) is 0.745. The fourth-order valence-electron chi connectivity index (χ4n) is 2.61. The fourth-order valence-corrected chi connectivity index (χ4v) is 2.61. The standard InChI is InChI=1S/C14H20O/c1-9-4-5-12(8-10(9)2)13-6-7-14(15)11(13)3/h4-5,8,11,13-15H,6-7H2,1-3H3. The van der Waals surface area contributed by atoms with Gasteiger partial charge < -0.3 is 5.11 Å². The van der Waals surface area contributed by atoms with Gasteiger partial charge in [-0.25, -0.2) is 0 Å². The lowest BCUT2D eigenvalue weighted by atomic mass is 9.88. The third-order valence-corrected chi connectivity index (χ3v) is 3.97. The van der Waals surface area contributed by atoms with E-state index in [1.54, 1.807) is 0 Å². The summed E-state index contributed by atoms with van der Waals surface area (Å²) in [5.41, 5.74) is 4.12. The molecule has 0 saturated heterocycles. The summed E-state index contributed by atoms with van der Waals surface area (Å²) in [7, 11) is 0. The van der Waals surface area contributed by atoms with Crippen molar-refractivity contribution >= 4 is 0 Å². The van der Waals surface area contributed by atoms with Crippen molar-refractivity contribution in [2.45, 2.75) is 45.6 Å². The number of aliphatic hydroxyl groups is 1. The van der Waals surface area contributed by atoms with Crippen LogP contribution in [0.25, 0.3) is 0 Å². The number of rotatable bonds is 1. The lowest BCUT2D eigenvalue weighted by molar-refractivity contribution is 0.136. The van der Waals surface area contributed by atoms with E-state index in [9.17, 15) is 5.11 Å². The van der Waals surface area contributed by atoms with Crippen molar-refractivity contribution in [1.29, 1.82) is 0 Å². The molecule has 1 fully saturated rings. The number of hydrogen-bond acceptors (Lipinski definition) is 1. The Morgan fingerprint density at radius 1 is 1.13 bits per heavy atom. The van der Waals surface area contributed by atoms with Gasteiger partial charge in [0.1, 0.15) is 0 Å². The zero-order chi connectivity index (χ0) is 11.0. The molecular weight excluding hydrogens is 184 g/mol. The second-order valence-corrected chi connectivity index (χ2v) is 4.95. The highest BCUT2D eigenvalue weighted by Gasteiger charge is 2.32. The van der Waals surface area contributed by atoms with Crippen molar-refractivity contribution in [3.63, 3.8) is 0 Å². The zero-order valence-corrected chi connectivity index (χ0v) is 9.83. The molecule has 0 radical (unpaired) electrons. The summed E-state index contributed by atoms with van der Waals surface area (Å²) in [6.07, 6.45) is 1.99.